The molecular weight excluding hydrogens is 415 g/mol. The molecule has 2 saturated heterocycles. The molecule has 0 radical (unpaired) electrons. The second kappa shape index (κ2) is 10.5. The van der Waals surface area contributed by atoms with E-state index in [4.69, 9.17) is 0 Å². The number of carbonyl (C=O) groups is 2. The van der Waals surface area contributed by atoms with Gasteiger partial charge in [0.05, 0.1) is 15.6 Å². The molecule has 8 heteroatoms. The summed E-state index contributed by atoms with van der Waals surface area (Å²) in [4.78, 5) is 31.7. The number of pyridine rings is 1. The van der Waals surface area contributed by atoms with Crippen molar-refractivity contribution in [1.82, 2.24) is 20.5 Å². The molecule has 2 amide bonds. The van der Waals surface area contributed by atoms with Crippen LogP contribution in [0.15, 0.2) is 24.5 Å². The summed E-state index contributed by atoms with van der Waals surface area (Å²) in [5.74, 6) is 0.776. The van der Waals surface area contributed by atoms with Crippen molar-refractivity contribution in [2.24, 2.45) is 5.92 Å². The topological polar surface area (TPSA) is 74.3 Å². The van der Waals surface area contributed by atoms with E-state index in [1.54, 1.807) is 12.4 Å². The fourth-order valence-electron chi connectivity index (χ4n) is 4.54. The average molecular weight is 447 g/mol. The Labute approximate surface area is 186 Å². The Morgan fingerprint density at radius 2 is 2.06 bits per heavy atom. The Balaban J connectivity index is 1.10. The van der Waals surface area contributed by atoms with Crippen molar-refractivity contribution in [2.75, 3.05) is 26.2 Å². The summed E-state index contributed by atoms with van der Waals surface area (Å²) >= 11 is 1.47. The number of alkyl halides is 1. The zero-order valence-electron chi connectivity index (χ0n) is 17.8. The van der Waals surface area contributed by atoms with Gasteiger partial charge in [-0.15, -0.1) is 11.3 Å². The Morgan fingerprint density at radius 1 is 1.23 bits per heavy atom. The number of hydrogen-bond donors (Lipinski definition) is 2. The minimum absolute atomic E-state index is 0.0107. The molecule has 0 bridgehead atoms. The van der Waals surface area contributed by atoms with E-state index in [0.29, 0.717) is 31.8 Å². The van der Waals surface area contributed by atoms with Crippen LogP contribution in [-0.4, -0.2) is 60.1 Å². The van der Waals surface area contributed by atoms with Gasteiger partial charge in [0.1, 0.15) is 6.17 Å². The number of unbranched alkanes of at least 4 members (excludes halogenated alkanes) is 1. The van der Waals surface area contributed by atoms with E-state index < -0.39 is 6.17 Å². The van der Waals surface area contributed by atoms with E-state index in [0.717, 1.165) is 60.2 Å². The molecule has 4 rings (SSSR count). The van der Waals surface area contributed by atoms with Gasteiger partial charge in [0.15, 0.2) is 0 Å². The van der Waals surface area contributed by atoms with Crippen molar-refractivity contribution in [2.45, 2.75) is 57.2 Å². The number of nitrogens with one attached hydrogen (secondary N) is 2. The van der Waals surface area contributed by atoms with Gasteiger partial charge >= 0.3 is 0 Å². The number of halogens is 1. The standard InChI is InChI=1S/C23H31FN4O2S/c24-18-4-5-19(27-14-18)23(30)28-11-7-16(8-12-28)3-1-2-9-26-22(29)20-13-17-6-10-25-15-21(17)31-20/h6,10,13,15-16,18-19,27H,1-5,7-9,11-12,14H2,(H,26,29). The molecule has 2 atom stereocenters. The van der Waals surface area contributed by atoms with E-state index in [1.807, 2.05) is 17.0 Å². The number of rotatable bonds is 7. The summed E-state index contributed by atoms with van der Waals surface area (Å²) in [5, 5.41) is 7.13. The largest absolute Gasteiger partial charge is 0.351 e. The lowest BCUT2D eigenvalue weighted by atomic mass is 9.91. The molecule has 2 unspecified atom stereocenters. The number of likely N-dealkylation sites (tertiary alicyclic amines) is 1. The van der Waals surface area contributed by atoms with Gasteiger partial charge in [-0.25, -0.2) is 4.39 Å². The number of aromatic nitrogens is 1. The maximum absolute atomic E-state index is 13.2. The van der Waals surface area contributed by atoms with Crippen molar-refractivity contribution in [1.29, 1.82) is 0 Å². The highest BCUT2D eigenvalue weighted by molar-refractivity contribution is 7.20. The molecule has 2 aromatic rings. The zero-order chi connectivity index (χ0) is 21.6. The SMILES string of the molecule is O=C(NCCCCC1CCN(C(=O)C2CCC(F)CN2)CC1)c1cc2ccncc2s1. The van der Waals surface area contributed by atoms with Crippen LogP contribution < -0.4 is 10.6 Å². The number of piperidine rings is 2. The maximum atomic E-state index is 13.2. The zero-order valence-corrected chi connectivity index (χ0v) is 18.6. The van der Waals surface area contributed by atoms with Crippen LogP contribution in [0.3, 0.4) is 0 Å². The summed E-state index contributed by atoms with van der Waals surface area (Å²) in [5.41, 5.74) is 0. The molecule has 2 aliphatic rings. The van der Waals surface area contributed by atoms with Crippen molar-refractivity contribution < 1.29 is 14.0 Å². The second-order valence-electron chi connectivity index (χ2n) is 8.68. The van der Waals surface area contributed by atoms with Gasteiger partial charge in [-0.1, -0.05) is 12.8 Å². The van der Waals surface area contributed by atoms with E-state index in [-0.39, 0.29) is 17.9 Å². The fourth-order valence-corrected chi connectivity index (χ4v) is 5.48. The number of hydrogen-bond acceptors (Lipinski definition) is 5. The van der Waals surface area contributed by atoms with Crippen molar-refractivity contribution in [3.05, 3.63) is 29.4 Å². The van der Waals surface area contributed by atoms with Gasteiger partial charge in [0.25, 0.3) is 5.91 Å². The third-order valence-corrected chi connectivity index (χ3v) is 7.53. The summed E-state index contributed by atoms with van der Waals surface area (Å²) in [6, 6.07) is 3.64. The summed E-state index contributed by atoms with van der Waals surface area (Å²) < 4.78 is 14.3. The Hall–Kier alpha value is -2.06. The van der Waals surface area contributed by atoms with Gasteiger partial charge in [-0.3, -0.25) is 14.6 Å². The smallest absolute Gasteiger partial charge is 0.261 e. The summed E-state index contributed by atoms with van der Waals surface area (Å²) in [6.07, 6.45) is 9.05. The lowest BCUT2D eigenvalue weighted by molar-refractivity contribution is -0.135. The predicted octanol–water partition coefficient (Wildman–Crippen LogP) is 3.53. The molecule has 6 nitrogen and oxygen atoms in total. The van der Waals surface area contributed by atoms with Gasteiger partial charge in [-0.05, 0) is 55.5 Å². The van der Waals surface area contributed by atoms with Crippen molar-refractivity contribution in [3.63, 3.8) is 0 Å². The predicted molar refractivity (Wildman–Crippen MR) is 121 cm³/mol. The molecule has 4 heterocycles. The molecular formula is C23H31FN4O2S. The molecule has 0 aliphatic carbocycles. The number of thiophene rings is 1. The molecule has 168 valence electrons. The van der Waals surface area contributed by atoms with Gasteiger partial charge in [-0.2, -0.15) is 0 Å². The monoisotopic (exact) mass is 446 g/mol. The first-order valence-corrected chi connectivity index (χ1v) is 12.2. The van der Waals surface area contributed by atoms with E-state index in [1.165, 1.54) is 11.3 Å². The third kappa shape index (κ3) is 5.80. The molecule has 0 saturated carbocycles. The quantitative estimate of drug-likeness (QED) is 0.638. The normalized spacial score (nSPS) is 22.5. The molecule has 2 N–H and O–H groups in total. The van der Waals surface area contributed by atoms with Crippen molar-refractivity contribution in [3.8, 4) is 0 Å². The van der Waals surface area contributed by atoms with Crippen LogP contribution in [-0.2, 0) is 4.79 Å². The van der Waals surface area contributed by atoms with Gasteiger partial charge in [0.2, 0.25) is 5.91 Å². The molecule has 2 aliphatic heterocycles. The first kappa shape index (κ1) is 22.1. The van der Waals surface area contributed by atoms with Crippen LogP contribution in [0.1, 0.15) is 54.6 Å². The third-order valence-electron chi connectivity index (χ3n) is 6.45. The van der Waals surface area contributed by atoms with Gasteiger partial charge in [0, 0.05) is 38.6 Å². The first-order chi connectivity index (χ1) is 15.1. The Bertz CT molecular complexity index is 856. The summed E-state index contributed by atoms with van der Waals surface area (Å²) in [7, 11) is 0. The van der Waals surface area contributed by atoms with E-state index >= 15 is 0 Å². The van der Waals surface area contributed by atoms with Crippen LogP contribution >= 0.6 is 11.3 Å². The maximum Gasteiger partial charge on any atom is 0.261 e. The molecule has 0 spiro atoms. The lowest BCUT2D eigenvalue weighted by Gasteiger charge is -2.36. The average Bonchev–Trinajstić information content (AvgIpc) is 3.24. The second-order valence-corrected chi connectivity index (χ2v) is 9.76. The minimum Gasteiger partial charge on any atom is -0.351 e. The van der Waals surface area contributed by atoms with Crippen LogP contribution in [0.2, 0.25) is 0 Å². The highest BCUT2D eigenvalue weighted by Gasteiger charge is 2.31. The number of amides is 2. The van der Waals surface area contributed by atoms with Gasteiger partial charge < -0.3 is 15.5 Å². The fraction of sp³-hybridized carbons (Fsp3) is 0.609. The Morgan fingerprint density at radius 3 is 2.81 bits per heavy atom. The van der Waals surface area contributed by atoms with Crippen LogP contribution in [0.25, 0.3) is 10.1 Å². The highest BCUT2D eigenvalue weighted by atomic mass is 32.1. The molecule has 0 aromatic carbocycles. The number of carbonyl (C=O) groups excluding carboxylic acids is 2. The van der Waals surface area contributed by atoms with E-state index in [2.05, 4.69) is 15.6 Å². The summed E-state index contributed by atoms with van der Waals surface area (Å²) in [6.45, 7) is 2.59. The van der Waals surface area contributed by atoms with Crippen LogP contribution in [0, 0.1) is 5.92 Å². The van der Waals surface area contributed by atoms with Crippen molar-refractivity contribution >= 4 is 33.2 Å². The molecule has 31 heavy (non-hydrogen) atoms. The number of fused-ring (bicyclic) bond motifs is 1. The minimum atomic E-state index is -0.818. The lowest BCUT2D eigenvalue weighted by Crippen LogP contribution is -2.52. The molecule has 2 aromatic heterocycles. The van der Waals surface area contributed by atoms with Crippen LogP contribution in [0.4, 0.5) is 4.39 Å². The highest BCUT2D eigenvalue weighted by Crippen LogP contribution is 2.25. The van der Waals surface area contributed by atoms with E-state index in [9.17, 15) is 14.0 Å². The molecule has 2 fully saturated rings. The Kier molecular flexibility index (Phi) is 7.50. The first-order valence-electron chi connectivity index (χ1n) is 11.4. The number of nitrogens with zero attached hydrogens (tertiary/aromatic N) is 2. The van der Waals surface area contributed by atoms with Crippen LogP contribution in [0.5, 0.6) is 0 Å².